The summed E-state index contributed by atoms with van der Waals surface area (Å²) >= 11 is 7.56. The highest BCUT2D eigenvalue weighted by Gasteiger charge is 2.20. The van der Waals surface area contributed by atoms with Crippen LogP contribution in [0.15, 0.2) is 16.9 Å². The van der Waals surface area contributed by atoms with E-state index in [1.54, 1.807) is 0 Å². The van der Waals surface area contributed by atoms with E-state index in [2.05, 4.69) is 5.10 Å². The van der Waals surface area contributed by atoms with E-state index < -0.39 is 18.1 Å². The van der Waals surface area contributed by atoms with Crippen LogP contribution in [0.2, 0.25) is 5.02 Å². The number of hydrogen-bond donors (Lipinski definition) is 0. The molecule has 0 saturated carbocycles. The van der Waals surface area contributed by atoms with Crippen LogP contribution >= 0.6 is 34.2 Å². The standard InChI is InChI=1S/C10H6ClF3IN3O/c1-4-16-18(10(19)17(4)9(13)14)8-3-7(15)5(11)2-6(8)12/h2-3,9H,1H3. The molecular weight excluding hydrogens is 397 g/mol. The Morgan fingerprint density at radius 1 is 1.42 bits per heavy atom. The summed E-state index contributed by atoms with van der Waals surface area (Å²) < 4.78 is 40.3. The lowest BCUT2D eigenvalue weighted by atomic mass is 10.3. The first-order chi connectivity index (χ1) is 8.82. The van der Waals surface area contributed by atoms with Crippen LogP contribution in [0.1, 0.15) is 12.4 Å². The first-order valence-electron chi connectivity index (χ1n) is 4.94. The zero-order chi connectivity index (χ0) is 14.3. The van der Waals surface area contributed by atoms with E-state index in [9.17, 15) is 18.0 Å². The van der Waals surface area contributed by atoms with Crippen LogP contribution in [0.25, 0.3) is 5.69 Å². The van der Waals surface area contributed by atoms with Gasteiger partial charge in [0.25, 0.3) is 0 Å². The van der Waals surface area contributed by atoms with Crippen LogP contribution < -0.4 is 5.69 Å². The molecule has 4 nitrogen and oxygen atoms in total. The van der Waals surface area contributed by atoms with E-state index >= 15 is 0 Å². The molecule has 2 rings (SSSR count). The molecule has 0 N–H and O–H groups in total. The summed E-state index contributed by atoms with van der Waals surface area (Å²) in [4.78, 5) is 11.8. The van der Waals surface area contributed by atoms with Crippen LogP contribution in [0.4, 0.5) is 13.2 Å². The predicted octanol–water partition coefficient (Wildman–Crippen LogP) is 3.13. The monoisotopic (exact) mass is 403 g/mol. The van der Waals surface area contributed by atoms with Gasteiger partial charge in [-0.1, -0.05) is 11.6 Å². The molecule has 0 atom stereocenters. The molecular formula is C10H6ClF3IN3O. The van der Waals surface area contributed by atoms with Gasteiger partial charge in [-0.05, 0) is 41.6 Å². The highest BCUT2D eigenvalue weighted by atomic mass is 127. The maximum Gasteiger partial charge on any atom is 0.355 e. The van der Waals surface area contributed by atoms with Gasteiger partial charge < -0.3 is 0 Å². The fourth-order valence-electron chi connectivity index (χ4n) is 1.53. The summed E-state index contributed by atoms with van der Waals surface area (Å²) in [6.07, 6.45) is 0. The molecule has 102 valence electrons. The molecule has 1 aromatic heterocycles. The number of hydrogen-bond acceptors (Lipinski definition) is 2. The van der Waals surface area contributed by atoms with E-state index in [4.69, 9.17) is 11.6 Å². The van der Waals surface area contributed by atoms with Crippen molar-refractivity contribution >= 4 is 34.2 Å². The lowest BCUT2D eigenvalue weighted by Gasteiger charge is -2.04. The summed E-state index contributed by atoms with van der Waals surface area (Å²) in [5.74, 6) is -1.02. The average Bonchev–Trinajstić information content (AvgIpc) is 2.59. The molecule has 2 aromatic rings. The SMILES string of the molecule is Cc1nn(-c2cc(I)c(Cl)cc2F)c(=O)n1C(F)F. The third-order valence-corrected chi connectivity index (χ3v) is 3.92. The molecule has 0 amide bonds. The van der Waals surface area contributed by atoms with Gasteiger partial charge in [0.15, 0.2) is 5.82 Å². The van der Waals surface area contributed by atoms with Crippen LogP contribution in [0.5, 0.6) is 0 Å². The van der Waals surface area contributed by atoms with Crippen molar-refractivity contribution in [3.8, 4) is 5.69 Å². The second-order valence-electron chi connectivity index (χ2n) is 3.61. The minimum absolute atomic E-state index is 0.167. The van der Waals surface area contributed by atoms with Gasteiger partial charge in [0.05, 0.1) is 5.02 Å². The third kappa shape index (κ3) is 2.50. The molecule has 0 saturated heterocycles. The molecule has 0 aliphatic heterocycles. The number of aromatic nitrogens is 3. The smallest absolute Gasteiger partial charge is 0.245 e. The Balaban J connectivity index is 2.70. The van der Waals surface area contributed by atoms with E-state index in [1.807, 2.05) is 22.6 Å². The van der Waals surface area contributed by atoms with E-state index in [1.165, 1.54) is 13.0 Å². The largest absolute Gasteiger partial charge is 0.355 e. The normalized spacial score (nSPS) is 11.3. The average molecular weight is 404 g/mol. The van der Waals surface area contributed by atoms with E-state index in [-0.39, 0.29) is 21.1 Å². The minimum Gasteiger partial charge on any atom is -0.245 e. The van der Waals surface area contributed by atoms with Gasteiger partial charge in [-0.2, -0.15) is 13.5 Å². The van der Waals surface area contributed by atoms with Crippen molar-refractivity contribution in [3.05, 3.63) is 42.9 Å². The summed E-state index contributed by atoms with van der Waals surface area (Å²) in [5.41, 5.74) is -1.33. The number of alkyl halides is 2. The number of rotatable bonds is 2. The van der Waals surface area contributed by atoms with Crippen molar-refractivity contribution in [2.24, 2.45) is 0 Å². The molecule has 0 spiro atoms. The van der Waals surface area contributed by atoms with Gasteiger partial charge >= 0.3 is 12.2 Å². The molecule has 0 aliphatic rings. The molecule has 0 radical (unpaired) electrons. The van der Waals surface area contributed by atoms with Crippen LogP contribution in [-0.4, -0.2) is 14.3 Å². The maximum absolute atomic E-state index is 13.8. The summed E-state index contributed by atoms with van der Waals surface area (Å²) in [6, 6.07) is 2.27. The quantitative estimate of drug-likeness (QED) is 0.571. The molecule has 0 bridgehead atoms. The van der Waals surface area contributed by atoms with Crippen molar-refractivity contribution in [3.63, 3.8) is 0 Å². The Bertz CT molecular complexity index is 698. The second kappa shape index (κ2) is 5.16. The topological polar surface area (TPSA) is 39.8 Å². The second-order valence-corrected chi connectivity index (χ2v) is 5.18. The lowest BCUT2D eigenvalue weighted by Crippen LogP contribution is -2.25. The van der Waals surface area contributed by atoms with Gasteiger partial charge in [-0.25, -0.2) is 13.8 Å². The number of nitrogens with zero attached hydrogens (tertiary/aromatic N) is 3. The minimum atomic E-state index is -3.03. The van der Waals surface area contributed by atoms with Crippen LogP contribution in [0, 0.1) is 16.3 Å². The number of benzene rings is 1. The first kappa shape index (κ1) is 14.4. The number of aryl methyl sites for hydroxylation is 1. The summed E-state index contributed by atoms with van der Waals surface area (Å²) in [6.45, 7) is -1.79. The highest BCUT2D eigenvalue weighted by Crippen LogP contribution is 2.24. The fraction of sp³-hybridized carbons (Fsp3) is 0.200. The van der Waals surface area contributed by atoms with Gasteiger partial charge in [0, 0.05) is 3.57 Å². The van der Waals surface area contributed by atoms with E-state index in [0.717, 1.165) is 6.07 Å². The maximum atomic E-state index is 13.8. The molecule has 1 aromatic carbocycles. The van der Waals surface area contributed by atoms with Crippen LogP contribution in [0.3, 0.4) is 0 Å². The van der Waals surface area contributed by atoms with Crippen LogP contribution in [-0.2, 0) is 0 Å². The lowest BCUT2D eigenvalue weighted by molar-refractivity contribution is 0.0640. The zero-order valence-corrected chi connectivity index (χ0v) is 12.3. The Labute approximate surface area is 123 Å². The first-order valence-corrected chi connectivity index (χ1v) is 6.40. The third-order valence-electron chi connectivity index (χ3n) is 2.39. The molecule has 0 aliphatic carbocycles. The molecule has 19 heavy (non-hydrogen) atoms. The van der Waals surface area contributed by atoms with Gasteiger partial charge in [-0.3, -0.25) is 0 Å². The highest BCUT2D eigenvalue weighted by molar-refractivity contribution is 14.1. The van der Waals surface area contributed by atoms with Crippen molar-refractivity contribution in [2.75, 3.05) is 0 Å². The molecule has 9 heteroatoms. The Kier molecular flexibility index (Phi) is 3.90. The van der Waals surface area contributed by atoms with Crippen molar-refractivity contribution in [2.45, 2.75) is 13.5 Å². The number of halogens is 5. The molecule has 0 unspecified atom stereocenters. The van der Waals surface area contributed by atoms with Gasteiger partial charge in [-0.15, -0.1) is 5.10 Å². The van der Waals surface area contributed by atoms with E-state index in [0.29, 0.717) is 8.25 Å². The zero-order valence-electron chi connectivity index (χ0n) is 9.37. The summed E-state index contributed by atoms with van der Waals surface area (Å²) in [7, 11) is 0. The Hall–Kier alpha value is -1.03. The van der Waals surface area contributed by atoms with Crippen molar-refractivity contribution in [1.29, 1.82) is 0 Å². The molecule has 0 fully saturated rings. The van der Waals surface area contributed by atoms with Crippen molar-refractivity contribution < 1.29 is 13.2 Å². The van der Waals surface area contributed by atoms with Gasteiger partial charge in [0.2, 0.25) is 0 Å². The fourth-order valence-corrected chi connectivity index (χ4v) is 2.13. The predicted molar refractivity (Wildman–Crippen MR) is 71.5 cm³/mol. The Morgan fingerprint density at radius 2 is 2.05 bits per heavy atom. The Morgan fingerprint density at radius 3 is 2.58 bits per heavy atom. The molecule has 1 heterocycles. The van der Waals surface area contributed by atoms with Gasteiger partial charge in [0.1, 0.15) is 11.5 Å². The van der Waals surface area contributed by atoms with Crippen molar-refractivity contribution in [1.82, 2.24) is 14.3 Å². The summed E-state index contributed by atoms with van der Waals surface area (Å²) in [5, 5.41) is 3.80.